The minimum atomic E-state index is -0.148. The van der Waals surface area contributed by atoms with Crippen molar-refractivity contribution in [2.24, 2.45) is 0 Å². The van der Waals surface area contributed by atoms with Crippen LogP contribution in [0, 0.1) is 13.8 Å². The van der Waals surface area contributed by atoms with Crippen LogP contribution in [-0.4, -0.2) is 27.7 Å². The van der Waals surface area contributed by atoms with Crippen LogP contribution in [0.15, 0.2) is 30.5 Å². The van der Waals surface area contributed by atoms with Gasteiger partial charge >= 0.3 is 0 Å². The van der Waals surface area contributed by atoms with Crippen molar-refractivity contribution >= 4 is 16.8 Å². The van der Waals surface area contributed by atoms with Crippen LogP contribution in [0.3, 0.4) is 0 Å². The number of aromatic nitrogens is 3. The molecule has 0 saturated heterocycles. The van der Waals surface area contributed by atoms with Crippen LogP contribution in [0.2, 0.25) is 0 Å². The molecule has 4 rings (SSSR count). The molecule has 0 atom stereocenters. The highest BCUT2D eigenvalue weighted by Gasteiger charge is 2.27. The predicted molar refractivity (Wildman–Crippen MR) is 93.7 cm³/mol. The normalized spacial score (nSPS) is 14.1. The highest BCUT2D eigenvalue weighted by atomic mass is 16.1. The number of nitrogens with one attached hydrogen (secondary N) is 1. The van der Waals surface area contributed by atoms with Crippen molar-refractivity contribution in [1.82, 2.24) is 20.1 Å². The SMILES string of the molecule is CNC(=O)c1c2cc(C3CC3)c(C)cc2nn1-c1ccc(C)cn1. The smallest absolute Gasteiger partial charge is 0.270 e. The summed E-state index contributed by atoms with van der Waals surface area (Å²) < 4.78 is 1.65. The Bertz CT molecular complexity index is 936. The van der Waals surface area contributed by atoms with Gasteiger partial charge in [0.25, 0.3) is 5.91 Å². The zero-order chi connectivity index (χ0) is 16.8. The quantitative estimate of drug-likeness (QED) is 0.805. The molecule has 0 unspecified atom stereocenters. The van der Waals surface area contributed by atoms with Crippen molar-refractivity contribution in [3.63, 3.8) is 0 Å². The summed E-state index contributed by atoms with van der Waals surface area (Å²) in [5, 5.41) is 8.28. The molecule has 1 saturated carbocycles. The summed E-state index contributed by atoms with van der Waals surface area (Å²) in [6.45, 7) is 4.11. The lowest BCUT2D eigenvalue weighted by atomic mass is 10.0. The molecule has 5 nitrogen and oxygen atoms in total. The fourth-order valence-electron chi connectivity index (χ4n) is 3.18. The average molecular weight is 320 g/mol. The summed E-state index contributed by atoms with van der Waals surface area (Å²) in [5.41, 5.74) is 5.03. The number of nitrogens with zero attached hydrogens (tertiary/aromatic N) is 3. The van der Waals surface area contributed by atoms with E-state index in [2.05, 4.69) is 34.5 Å². The van der Waals surface area contributed by atoms with Gasteiger partial charge in [-0.2, -0.15) is 5.10 Å². The number of carbonyl (C=O) groups is 1. The highest BCUT2D eigenvalue weighted by Crippen LogP contribution is 2.43. The molecule has 24 heavy (non-hydrogen) atoms. The second-order valence-corrected chi connectivity index (χ2v) is 6.53. The van der Waals surface area contributed by atoms with Crippen LogP contribution in [0.4, 0.5) is 0 Å². The van der Waals surface area contributed by atoms with E-state index in [4.69, 9.17) is 0 Å². The van der Waals surface area contributed by atoms with Gasteiger partial charge < -0.3 is 5.32 Å². The summed E-state index contributed by atoms with van der Waals surface area (Å²) in [4.78, 5) is 17.0. The van der Waals surface area contributed by atoms with E-state index in [9.17, 15) is 4.79 Å². The van der Waals surface area contributed by atoms with Crippen molar-refractivity contribution in [3.05, 3.63) is 52.8 Å². The largest absolute Gasteiger partial charge is 0.354 e. The van der Waals surface area contributed by atoms with Crippen molar-refractivity contribution in [1.29, 1.82) is 0 Å². The summed E-state index contributed by atoms with van der Waals surface area (Å²) in [7, 11) is 1.64. The highest BCUT2D eigenvalue weighted by molar-refractivity contribution is 6.05. The maximum Gasteiger partial charge on any atom is 0.270 e. The van der Waals surface area contributed by atoms with E-state index in [-0.39, 0.29) is 5.91 Å². The molecule has 3 aromatic rings. The Morgan fingerprint density at radius 1 is 1.25 bits per heavy atom. The fraction of sp³-hybridized carbons (Fsp3) is 0.316. The van der Waals surface area contributed by atoms with Crippen molar-refractivity contribution in [2.75, 3.05) is 7.05 Å². The van der Waals surface area contributed by atoms with Crippen LogP contribution >= 0.6 is 0 Å². The number of aryl methyl sites for hydroxylation is 2. The van der Waals surface area contributed by atoms with Gasteiger partial charge in [0.05, 0.1) is 5.52 Å². The summed E-state index contributed by atoms with van der Waals surface area (Å²) in [6.07, 6.45) is 4.25. The molecule has 1 aliphatic carbocycles. The summed E-state index contributed by atoms with van der Waals surface area (Å²) in [5.74, 6) is 1.14. The van der Waals surface area contributed by atoms with E-state index in [0.717, 1.165) is 16.5 Å². The van der Waals surface area contributed by atoms with E-state index in [1.54, 1.807) is 17.9 Å². The number of rotatable bonds is 3. The molecule has 1 fully saturated rings. The second kappa shape index (κ2) is 5.44. The maximum absolute atomic E-state index is 12.5. The number of fused-ring (bicyclic) bond motifs is 1. The van der Waals surface area contributed by atoms with Gasteiger partial charge in [0.1, 0.15) is 5.69 Å². The van der Waals surface area contributed by atoms with E-state index >= 15 is 0 Å². The lowest BCUT2D eigenvalue weighted by Crippen LogP contribution is -2.22. The molecule has 1 N–H and O–H groups in total. The van der Waals surface area contributed by atoms with Crippen molar-refractivity contribution in [2.45, 2.75) is 32.6 Å². The molecule has 122 valence electrons. The predicted octanol–water partition coefficient (Wildman–Crippen LogP) is 3.27. The van der Waals surface area contributed by atoms with E-state index in [0.29, 0.717) is 17.4 Å². The van der Waals surface area contributed by atoms with Crippen LogP contribution in [0.25, 0.3) is 16.7 Å². The first kappa shape index (κ1) is 14.9. The van der Waals surface area contributed by atoms with E-state index < -0.39 is 0 Å². The van der Waals surface area contributed by atoms with Crippen LogP contribution in [-0.2, 0) is 0 Å². The minimum Gasteiger partial charge on any atom is -0.354 e. The minimum absolute atomic E-state index is 0.148. The first-order valence-electron chi connectivity index (χ1n) is 8.27. The summed E-state index contributed by atoms with van der Waals surface area (Å²) >= 11 is 0. The lowest BCUT2D eigenvalue weighted by molar-refractivity contribution is 0.0957. The van der Waals surface area contributed by atoms with E-state index in [1.807, 2.05) is 19.1 Å². The number of benzene rings is 1. The third-order valence-electron chi connectivity index (χ3n) is 4.63. The van der Waals surface area contributed by atoms with Gasteiger partial charge in [-0.05, 0) is 67.5 Å². The van der Waals surface area contributed by atoms with Gasteiger partial charge in [0.2, 0.25) is 0 Å². The molecule has 1 aliphatic rings. The zero-order valence-corrected chi connectivity index (χ0v) is 14.1. The molecular formula is C19H20N4O. The second-order valence-electron chi connectivity index (χ2n) is 6.53. The Morgan fingerprint density at radius 2 is 2.04 bits per heavy atom. The Hall–Kier alpha value is -2.69. The first-order valence-corrected chi connectivity index (χ1v) is 8.27. The Balaban J connectivity index is 1.98. The number of hydrogen-bond acceptors (Lipinski definition) is 3. The third kappa shape index (κ3) is 2.37. The Morgan fingerprint density at radius 3 is 2.67 bits per heavy atom. The molecule has 0 spiro atoms. The number of carbonyl (C=O) groups excluding carboxylic acids is 1. The molecule has 0 aliphatic heterocycles. The maximum atomic E-state index is 12.5. The van der Waals surface area contributed by atoms with Gasteiger partial charge in [0, 0.05) is 18.6 Å². The topological polar surface area (TPSA) is 59.8 Å². The molecule has 0 bridgehead atoms. The van der Waals surface area contributed by atoms with Gasteiger partial charge in [-0.25, -0.2) is 9.67 Å². The summed E-state index contributed by atoms with van der Waals surface area (Å²) in [6, 6.07) is 8.09. The number of amides is 1. The molecule has 2 aromatic heterocycles. The van der Waals surface area contributed by atoms with Gasteiger partial charge in [0.15, 0.2) is 5.82 Å². The van der Waals surface area contributed by atoms with Crippen molar-refractivity contribution < 1.29 is 4.79 Å². The molecular weight excluding hydrogens is 300 g/mol. The Labute approximate surface area is 140 Å². The van der Waals surface area contributed by atoms with Crippen LogP contribution < -0.4 is 5.32 Å². The average Bonchev–Trinajstić information content (AvgIpc) is 3.35. The fourth-order valence-corrected chi connectivity index (χ4v) is 3.18. The van der Waals surface area contributed by atoms with E-state index in [1.165, 1.54) is 24.0 Å². The van der Waals surface area contributed by atoms with Gasteiger partial charge in [-0.1, -0.05) is 6.07 Å². The standard InChI is InChI=1S/C19H20N4O/c1-11-4-7-17(21-10-11)23-18(19(24)20-3)15-9-14(13-5-6-13)12(2)8-16(15)22-23/h4,7-10,13H,5-6H2,1-3H3,(H,20,24). The number of hydrogen-bond donors (Lipinski definition) is 1. The zero-order valence-electron chi connectivity index (χ0n) is 14.1. The molecule has 1 aromatic carbocycles. The Kier molecular flexibility index (Phi) is 3.37. The van der Waals surface area contributed by atoms with Crippen LogP contribution in [0.5, 0.6) is 0 Å². The molecule has 2 heterocycles. The van der Waals surface area contributed by atoms with Crippen LogP contribution in [0.1, 0.15) is 45.9 Å². The van der Waals surface area contributed by atoms with Gasteiger partial charge in [-0.3, -0.25) is 4.79 Å². The number of pyridine rings is 1. The monoisotopic (exact) mass is 320 g/mol. The first-order chi connectivity index (χ1) is 11.6. The van der Waals surface area contributed by atoms with Gasteiger partial charge in [-0.15, -0.1) is 0 Å². The molecule has 5 heteroatoms. The third-order valence-corrected chi connectivity index (χ3v) is 4.63. The molecule has 0 radical (unpaired) electrons. The lowest BCUT2D eigenvalue weighted by Gasteiger charge is -2.07. The molecule has 1 amide bonds. The van der Waals surface area contributed by atoms with Crippen molar-refractivity contribution in [3.8, 4) is 5.82 Å².